The molecule has 1 aliphatic heterocycles. The number of rotatable bonds is 11. The van der Waals surface area contributed by atoms with Crippen molar-refractivity contribution in [1.29, 1.82) is 0 Å². The molecule has 0 saturated carbocycles. The van der Waals surface area contributed by atoms with Gasteiger partial charge >= 0.3 is 0 Å². The number of ether oxygens (including phenoxy) is 2. The van der Waals surface area contributed by atoms with E-state index in [1.165, 1.54) is 5.56 Å². The molecule has 0 aliphatic carbocycles. The van der Waals surface area contributed by atoms with Crippen molar-refractivity contribution in [3.63, 3.8) is 0 Å². The highest BCUT2D eigenvalue weighted by Gasteiger charge is 2.25. The van der Waals surface area contributed by atoms with Gasteiger partial charge in [-0.05, 0) is 32.3 Å². The minimum absolute atomic E-state index is 0.510. The van der Waals surface area contributed by atoms with E-state index in [-0.39, 0.29) is 0 Å². The van der Waals surface area contributed by atoms with Crippen LogP contribution in [0.15, 0.2) is 35.3 Å². The third-order valence-corrected chi connectivity index (χ3v) is 5.56. The predicted molar refractivity (Wildman–Crippen MR) is 122 cm³/mol. The largest absolute Gasteiger partial charge is 0.382 e. The van der Waals surface area contributed by atoms with Crippen molar-refractivity contribution >= 4 is 5.96 Å². The fourth-order valence-electron chi connectivity index (χ4n) is 3.60. The van der Waals surface area contributed by atoms with Gasteiger partial charge in [0.1, 0.15) is 12.4 Å². The topological polar surface area (TPSA) is 76.8 Å². The van der Waals surface area contributed by atoms with E-state index < -0.39 is 0 Å². The number of hydrogen-bond donors (Lipinski definition) is 1. The van der Waals surface area contributed by atoms with Crippen LogP contribution < -0.4 is 5.32 Å². The fraction of sp³-hybridized carbons (Fsp3) is 0.609. The summed E-state index contributed by atoms with van der Waals surface area (Å²) in [4.78, 5) is 7.19. The standard InChI is InChI=1S/C23H36N6O2/c1-4-30-14-8-12-24-23(25-15-22-27-26-19(2)28(22)3)29-13-11-21(16-29)18-31-17-20-9-6-5-7-10-20/h5-7,9-10,21H,4,8,11-18H2,1-3H3,(H,24,25). The molecule has 1 atom stereocenters. The first kappa shape index (κ1) is 23.2. The minimum Gasteiger partial charge on any atom is -0.382 e. The van der Waals surface area contributed by atoms with E-state index in [1.54, 1.807) is 0 Å². The fourth-order valence-corrected chi connectivity index (χ4v) is 3.60. The van der Waals surface area contributed by atoms with Gasteiger partial charge < -0.3 is 24.3 Å². The van der Waals surface area contributed by atoms with Gasteiger partial charge in [-0.15, -0.1) is 10.2 Å². The molecule has 8 heteroatoms. The van der Waals surface area contributed by atoms with Crippen LogP contribution in [0.4, 0.5) is 0 Å². The zero-order valence-electron chi connectivity index (χ0n) is 19.1. The molecule has 170 valence electrons. The summed E-state index contributed by atoms with van der Waals surface area (Å²) in [6.45, 7) is 10.2. The number of likely N-dealkylation sites (tertiary alicyclic amines) is 1. The molecule has 1 N–H and O–H groups in total. The molecule has 0 bridgehead atoms. The van der Waals surface area contributed by atoms with E-state index >= 15 is 0 Å². The van der Waals surface area contributed by atoms with E-state index in [4.69, 9.17) is 14.5 Å². The Morgan fingerprint density at radius 1 is 1.23 bits per heavy atom. The van der Waals surface area contributed by atoms with Gasteiger partial charge in [0.25, 0.3) is 0 Å². The molecule has 1 aromatic heterocycles. The minimum atomic E-state index is 0.510. The number of nitrogens with one attached hydrogen (secondary N) is 1. The monoisotopic (exact) mass is 428 g/mol. The van der Waals surface area contributed by atoms with E-state index in [2.05, 4.69) is 44.7 Å². The first-order valence-electron chi connectivity index (χ1n) is 11.2. The molecule has 1 aliphatic rings. The molecule has 0 radical (unpaired) electrons. The highest BCUT2D eigenvalue weighted by molar-refractivity contribution is 5.80. The number of guanidine groups is 1. The molecule has 1 unspecified atom stereocenters. The average Bonchev–Trinajstić information content (AvgIpc) is 3.38. The van der Waals surface area contributed by atoms with Crippen LogP contribution in [0.5, 0.6) is 0 Å². The zero-order chi connectivity index (χ0) is 21.9. The Kier molecular flexibility index (Phi) is 9.30. The molecular formula is C23H36N6O2. The summed E-state index contributed by atoms with van der Waals surface area (Å²) in [5, 5.41) is 11.9. The second-order valence-electron chi connectivity index (χ2n) is 7.94. The van der Waals surface area contributed by atoms with Gasteiger partial charge in [0.05, 0.1) is 13.2 Å². The number of hydrogen-bond acceptors (Lipinski definition) is 5. The normalized spacial score (nSPS) is 16.8. The highest BCUT2D eigenvalue weighted by atomic mass is 16.5. The maximum Gasteiger partial charge on any atom is 0.194 e. The second-order valence-corrected chi connectivity index (χ2v) is 7.94. The lowest BCUT2D eigenvalue weighted by atomic mass is 10.1. The van der Waals surface area contributed by atoms with E-state index in [9.17, 15) is 0 Å². The van der Waals surface area contributed by atoms with Crippen LogP contribution in [-0.4, -0.2) is 65.1 Å². The van der Waals surface area contributed by atoms with Gasteiger partial charge in [-0.3, -0.25) is 0 Å². The molecule has 2 aromatic rings. The summed E-state index contributed by atoms with van der Waals surface area (Å²) in [5.41, 5.74) is 1.22. The lowest BCUT2D eigenvalue weighted by molar-refractivity contribution is 0.0906. The van der Waals surface area contributed by atoms with Crippen molar-refractivity contribution < 1.29 is 9.47 Å². The average molecular weight is 429 g/mol. The van der Waals surface area contributed by atoms with Crippen molar-refractivity contribution in [2.45, 2.75) is 39.8 Å². The van der Waals surface area contributed by atoms with Crippen LogP contribution in [0.3, 0.4) is 0 Å². The summed E-state index contributed by atoms with van der Waals surface area (Å²) in [7, 11) is 1.98. The van der Waals surface area contributed by atoms with Gasteiger partial charge in [0, 0.05) is 45.8 Å². The molecule has 0 amide bonds. The van der Waals surface area contributed by atoms with Gasteiger partial charge in [0.15, 0.2) is 11.8 Å². The van der Waals surface area contributed by atoms with Crippen molar-refractivity contribution in [2.75, 3.05) is 39.5 Å². The van der Waals surface area contributed by atoms with Crippen molar-refractivity contribution in [1.82, 2.24) is 25.0 Å². The Morgan fingerprint density at radius 3 is 2.81 bits per heavy atom. The highest BCUT2D eigenvalue weighted by Crippen LogP contribution is 2.18. The summed E-state index contributed by atoms with van der Waals surface area (Å²) in [6.07, 6.45) is 2.06. The smallest absolute Gasteiger partial charge is 0.194 e. The van der Waals surface area contributed by atoms with Crippen LogP contribution in [0, 0.1) is 12.8 Å². The molecule has 2 heterocycles. The van der Waals surface area contributed by atoms with E-state index in [1.807, 2.05) is 31.5 Å². The van der Waals surface area contributed by atoms with E-state index in [0.29, 0.717) is 19.1 Å². The van der Waals surface area contributed by atoms with Crippen LogP contribution >= 0.6 is 0 Å². The van der Waals surface area contributed by atoms with E-state index in [0.717, 1.165) is 69.9 Å². The first-order valence-corrected chi connectivity index (χ1v) is 11.2. The second kappa shape index (κ2) is 12.4. The molecule has 8 nitrogen and oxygen atoms in total. The Labute approximate surface area is 185 Å². The lowest BCUT2D eigenvalue weighted by Gasteiger charge is -2.22. The predicted octanol–water partition coefficient (Wildman–Crippen LogP) is 2.53. The number of benzene rings is 1. The Balaban J connectivity index is 1.52. The summed E-state index contributed by atoms with van der Waals surface area (Å²) >= 11 is 0. The SMILES string of the molecule is CCOCCCNC(=NCc1nnc(C)n1C)N1CCC(COCc2ccccc2)C1. The summed E-state index contributed by atoms with van der Waals surface area (Å²) in [5.74, 6) is 3.21. The van der Waals surface area contributed by atoms with Gasteiger partial charge in [0.2, 0.25) is 0 Å². The van der Waals surface area contributed by atoms with Crippen molar-refractivity contribution in [3.8, 4) is 0 Å². The molecule has 0 spiro atoms. The Morgan fingerprint density at radius 2 is 2.06 bits per heavy atom. The molecule has 1 saturated heterocycles. The molecular weight excluding hydrogens is 392 g/mol. The zero-order valence-corrected chi connectivity index (χ0v) is 19.1. The number of aliphatic imine (C=N–C) groups is 1. The molecule has 1 fully saturated rings. The van der Waals surface area contributed by atoms with Crippen LogP contribution in [0.2, 0.25) is 0 Å². The lowest BCUT2D eigenvalue weighted by Crippen LogP contribution is -2.41. The van der Waals surface area contributed by atoms with Crippen molar-refractivity contribution in [2.24, 2.45) is 18.0 Å². The van der Waals surface area contributed by atoms with Gasteiger partial charge in [-0.1, -0.05) is 30.3 Å². The summed E-state index contributed by atoms with van der Waals surface area (Å²) in [6, 6.07) is 10.3. The third kappa shape index (κ3) is 7.33. The van der Waals surface area contributed by atoms with Gasteiger partial charge in [-0.2, -0.15) is 0 Å². The van der Waals surface area contributed by atoms with Crippen LogP contribution in [0.25, 0.3) is 0 Å². The number of nitrogens with zero attached hydrogens (tertiary/aromatic N) is 5. The van der Waals surface area contributed by atoms with Crippen LogP contribution in [-0.2, 0) is 29.7 Å². The van der Waals surface area contributed by atoms with Crippen molar-refractivity contribution in [3.05, 3.63) is 47.5 Å². The maximum atomic E-state index is 5.98. The molecule has 1 aromatic carbocycles. The molecule has 31 heavy (non-hydrogen) atoms. The Hall–Kier alpha value is -2.45. The maximum absolute atomic E-state index is 5.98. The Bertz CT molecular complexity index is 808. The van der Waals surface area contributed by atoms with Gasteiger partial charge in [-0.25, -0.2) is 4.99 Å². The van der Waals surface area contributed by atoms with Crippen LogP contribution in [0.1, 0.15) is 37.0 Å². The summed E-state index contributed by atoms with van der Waals surface area (Å²) < 4.78 is 13.4. The number of aromatic nitrogens is 3. The number of aryl methyl sites for hydroxylation is 1. The third-order valence-electron chi connectivity index (χ3n) is 5.56. The molecule has 3 rings (SSSR count). The first-order chi connectivity index (χ1) is 15.2. The quantitative estimate of drug-likeness (QED) is 0.337.